The highest BCUT2D eigenvalue weighted by Crippen LogP contribution is 2.55. The summed E-state index contributed by atoms with van der Waals surface area (Å²) in [7, 11) is 2.25. The molecule has 0 saturated carbocycles. The van der Waals surface area contributed by atoms with E-state index in [2.05, 4.69) is 87.3 Å². The third-order valence-electron chi connectivity index (χ3n) is 7.97. The number of hydrogen-bond donors (Lipinski definition) is 0. The highest BCUT2D eigenvalue weighted by atomic mass is 15.1. The molecule has 2 aromatic carbocycles. The maximum absolute atomic E-state index is 2.55. The highest BCUT2D eigenvalue weighted by molar-refractivity contribution is 5.83. The number of hydrogen-bond acceptors (Lipinski definition) is 1. The molecule has 0 radical (unpaired) electrons. The summed E-state index contributed by atoms with van der Waals surface area (Å²) in [6, 6.07) is 14.5. The normalized spacial score (nSPS) is 17.8. The molecule has 2 aromatic rings. The van der Waals surface area contributed by atoms with Crippen LogP contribution in [-0.4, -0.2) is 7.05 Å². The molecule has 4 rings (SSSR count). The monoisotopic (exact) mass is 471 g/mol. The van der Waals surface area contributed by atoms with E-state index in [0.29, 0.717) is 0 Å². The summed E-state index contributed by atoms with van der Waals surface area (Å²) in [4.78, 5) is 2.42. The van der Waals surface area contributed by atoms with Gasteiger partial charge in [0.05, 0.1) is 0 Å². The van der Waals surface area contributed by atoms with Crippen LogP contribution in [-0.2, 0) is 5.41 Å². The fourth-order valence-corrected chi connectivity index (χ4v) is 6.03. The van der Waals surface area contributed by atoms with E-state index < -0.39 is 0 Å². The summed E-state index contributed by atoms with van der Waals surface area (Å²) in [5.74, 6) is 0. The summed E-state index contributed by atoms with van der Waals surface area (Å²) >= 11 is 0. The largest absolute Gasteiger partial charge is 0.348 e. The molecule has 1 unspecified atom stereocenters. The van der Waals surface area contributed by atoms with Gasteiger partial charge in [-0.15, -0.1) is 0 Å². The molecule has 190 valence electrons. The third kappa shape index (κ3) is 5.93. The molecule has 35 heavy (non-hydrogen) atoms. The van der Waals surface area contributed by atoms with Crippen LogP contribution in [0.2, 0.25) is 0 Å². The zero-order valence-corrected chi connectivity index (χ0v) is 23.4. The van der Waals surface area contributed by atoms with Crippen LogP contribution in [0.15, 0.2) is 60.3 Å². The van der Waals surface area contributed by atoms with E-state index in [1.54, 1.807) is 11.1 Å². The van der Waals surface area contributed by atoms with Crippen molar-refractivity contribution in [2.45, 2.75) is 111 Å². The Kier molecular flexibility index (Phi) is 10.3. The zero-order chi connectivity index (χ0) is 25.3. The van der Waals surface area contributed by atoms with Crippen molar-refractivity contribution in [1.82, 2.24) is 0 Å². The Labute approximate surface area is 216 Å². The van der Waals surface area contributed by atoms with Crippen molar-refractivity contribution in [3.05, 3.63) is 77.0 Å². The van der Waals surface area contributed by atoms with Gasteiger partial charge in [0.15, 0.2) is 0 Å². The lowest BCUT2D eigenvalue weighted by atomic mass is 9.70. The molecule has 0 N–H and O–H groups in total. The summed E-state index contributed by atoms with van der Waals surface area (Å²) in [5.41, 5.74) is 10.5. The molecule has 2 aliphatic rings. The minimum atomic E-state index is 0.164. The Morgan fingerprint density at radius 2 is 1.43 bits per heavy atom. The molecule has 0 bridgehead atoms. The number of fused-ring (bicyclic) bond motifs is 3. The maximum atomic E-state index is 2.55. The van der Waals surface area contributed by atoms with Crippen molar-refractivity contribution in [1.29, 1.82) is 0 Å². The van der Waals surface area contributed by atoms with Crippen LogP contribution in [0.4, 0.5) is 5.69 Å². The lowest BCUT2D eigenvalue weighted by molar-refractivity contribution is 0.403. The van der Waals surface area contributed by atoms with Gasteiger partial charge in [-0.3, -0.25) is 0 Å². The van der Waals surface area contributed by atoms with Crippen molar-refractivity contribution < 1.29 is 0 Å². The lowest BCUT2D eigenvalue weighted by Gasteiger charge is -2.34. The topological polar surface area (TPSA) is 3.24 Å². The average molecular weight is 472 g/mol. The molecule has 1 nitrogen and oxygen atoms in total. The molecule has 0 aromatic heterocycles. The van der Waals surface area contributed by atoms with E-state index >= 15 is 0 Å². The Balaban J connectivity index is 0.00000167. The number of unbranched alkanes of at least 4 members (excludes halogenated alkanes) is 5. The van der Waals surface area contributed by atoms with Crippen LogP contribution in [0, 0.1) is 6.92 Å². The smallest absolute Gasteiger partial charge is 0.0409 e. The van der Waals surface area contributed by atoms with E-state index in [4.69, 9.17) is 0 Å². The van der Waals surface area contributed by atoms with Crippen molar-refractivity contribution in [2.75, 3.05) is 11.9 Å². The van der Waals surface area contributed by atoms with E-state index in [1.807, 2.05) is 13.8 Å². The molecule has 0 amide bonds. The van der Waals surface area contributed by atoms with Crippen molar-refractivity contribution in [3.63, 3.8) is 0 Å². The molecular formula is C34H49N. The lowest BCUT2D eigenvalue weighted by Crippen LogP contribution is -2.26. The molecule has 1 heteroatoms. The summed E-state index contributed by atoms with van der Waals surface area (Å²) in [5, 5.41) is 0. The fraction of sp³-hybridized carbons (Fsp3) is 0.529. The van der Waals surface area contributed by atoms with Gasteiger partial charge in [-0.2, -0.15) is 0 Å². The number of rotatable bonds is 11. The maximum Gasteiger partial charge on any atom is 0.0409 e. The number of allylic oxidation sites excluding steroid dienone is 4. The first-order valence-electron chi connectivity index (χ1n) is 14.5. The second kappa shape index (κ2) is 13.1. The van der Waals surface area contributed by atoms with Gasteiger partial charge in [0, 0.05) is 23.8 Å². The molecule has 2 aliphatic carbocycles. The van der Waals surface area contributed by atoms with E-state index in [-0.39, 0.29) is 5.41 Å². The summed E-state index contributed by atoms with van der Waals surface area (Å²) in [6.45, 7) is 10.9. The molecule has 0 heterocycles. The Morgan fingerprint density at radius 1 is 0.800 bits per heavy atom. The number of nitrogens with zero attached hydrogens (tertiary/aromatic N) is 1. The molecule has 1 atom stereocenters. The minimum Gasteiger partial charge on any atom is -0.348 e. The third-order valence-corrected chi connectivity index (χ3v) is 7.97. The Hall–Kier alpha value is -2.28. The van der Waals surface area contributed by atoms with Crippen molar-refractivity contribution in [2.24, 2.45) is 0 Å². The number of aryl methyl sites for hydroxylation is 1. The van der Waals surface area contributed by atoms with Crippen LogP contribution < -0.4 is 4.90 Å². The van der Waals surface area contributed by atoms with Gasteiger partial charge in [-0.25, -0.2) is 0 Å². The van der Waals surface area contributed by atoms with Gasteiger partial charge >= 0.3 is 0 Å². The first-order valence-corrected chi connectivity index (χ1v) is 14.5. The van der Waals surface area contributed by atoms with Crippen LogP contribution in [0.25, 0.3) is 11.1 Å². The standard InChI is InChI=1S/C32H43N.C2H6/c1-5-7-9-14-22-32(21-13-8-6-2)30-23-25(3)17-19-28(30)29-20-18-27(24-31(29)32)33(4)26-15-11-10-12-16-26;1-2/h10-11,15,17-20,23-24H,5-9,12-14,16,21-22H2,1-4H3;1-2H3. The van der Waals surface area contributed by atoms with Crippen LogP contribution in [0.5, 0.6) is 0 Å². The number of anilines is 1. The average Bonchev–Trinajstić information content (AvgIpc) is 3.16. The minimum absolute atomic E-state index is 0.164. The van der Waals surface area contributed by atoms with Gasteiger partial charge in [0.25, 0.3) is 0 Å². The van der Waals surface area contributed by atoms with Crippen LogP contribution in [0.1, 0.15) is 115 Å². The predicted molar refractivity (Wildman–Crippen MR) is 157 cm³/mol. The first-order chi connectivity index (χ1) is 17.1. The molecular weight excluding hydrogens is 422 g/mol. The first kappa shape index (κ1) is 27.3. The Bertz CT molecular complexity index is 1010. The highest BCUT2D eigenvalue weighted by Gasteiger charge is 2.42. The molecule has 0 saturated heterocycles. The summed E-state index contributed by atoms with van der Waals surface area (Å²) in [6.07, 6.45) is 20.8. The van der Waals surface area contributed by atoms with Crippen molar-refractivity contribution in [3.8, 4) is 11.1 Å². The summed E-state index contributed by atoms with van der Waals surface area (Å²) < 4.78 is 0. The van der Waals surface area contributed by atoms with Crippen LogP contribution in [0.3, 0.4) is 0 Å². The zero-order valence-electron chi connectivity index (χ0n) is 23.4. The number of benzene rings is 2. The van der Waals surface area contributed by atoms with Gasteiger partial charge < -0.3 is 4.90 Å². The SMILES string of the molecule is CC.CCCCCCC1(CCCCC)c2cc(C)ccc2-c2ccc(N(C)C3=CC=CCC3)cc21. The quantitative estimate of drug-likeness (QED) is 0.295. The van der Waals surface area contributed by atoms with Gasteiger partial charge in [0.1, 0.15) is 0 Å². The second-order valence-corrected chi connectivity index (χ2v) is 10.3. The van der Waals surface area contributed by atoms with E-state index in [1.165, 1.54) is 85.9 Å². The molecule has 0 aliphatic heterocycles. The second-order valence-electron chi connectivity index (χ2n) is 10.3. The van der Waals surface area contributed by atoms with Gasteiger partial charge in [0.2, 0.25) is 0 Å². The predicted octanol–water partition coefficient (Wildman–Crippen LogP) is 10.5. The molecule has 0 spiro atoms. The van der Waals surface area contributed by atoms with Crippen LogP contribution >= 0.6 is 0 Å². The van der Waals surface area contributed by atoms with Crippen molar-refractivity contribution >= 4 is 5.69 Å². The van der Waals surface area contributed by atoms with E-state index in [0.717, 1.165) is 12.8 Å². The molecule has 0 fully saturated rings. The fourth-order valence-electron chi connectivity index (χ4n) is 6.03. The van der Waals surface area contributed by atoms with Gasteiger partial charge in [-0.1, -0.05) is 115 Å². The Morgan fingerprint density at radius 3 is 2.09 bits per heavy atom. The van der Waals surface area contributed by atoms with Gasteiger partial charge in [-0.05, 0) is 73.1 Å². The van der Waals surface area contributed by atoms with E-state index in [9.17, 15) is 0 Å².